The summed E-state index contributed by atoms with van der Waals surface area (Å²) in [6.45, 7) is 27.8. The quantitative estimate of drug-likeness (QED) is 0.266. The lowest BCUT2D eigenvalue weighted by Gasteiger charge is -2.60. The minimum Gasteiger partial charge on any atom is -0.416 e. The number of fused-ring (bicyclic) bond motifs is 5. The third-order valence-electron chi connectivity index (χ3n) is 12.4. The van der Waals surface area contributed by atoms with Gasteiger partial charge in [-0.05, 0) is 117 Å². The zero-order valence-corrected chi connectivity index (χ0v) is 27.3. The smallest absolute Gasteiger partial charge is 0.192 e. The molecule has 4 rings (SSSR count). The Morgan fingerprint density at radius 1 is 0.857 bits per heavy atom. The summed E-state index contributed by atoms with van der Waals surface area (Å²) in [4.78, 5) is 0. The summed E-state index contributed by atoms with van der Waals surface area (Å²) in [5.41, 5.74) is 2.48. The maximum absolute atomic E-state index is 7.19. The van der Waals surface area contributed by atoms with Crippen molar-refractivity contribution in [2.24, 2.45) is 28.6 Å². The Hall–Kier alpha value is 0.0938. The lowest BCUT2D eigenvalue weighted by Crippen LogP contribution is -2.56. The Bertz CT molecular complexity index is 817. The van der Waals surface area contributed by atoms with E-state index in [4.69, 9.17) is 8.85 Å². The van der Waals surface area contributed by atoms with E-state index in [0.29, 0.717) is 16.9 Å². The monoisotopic (exact) mass is 518 g/mol. The first kappa shape index (κ1) is 28.1. The van der Waals surface area contributed by atoms with Crippen LogP contribution in [0.5, 0.6) is 0 Å². The molecule has 4 aliphatic carbocycles. The van der Waals surface area contributed by atoms with Crippen molar-refractivity contribution in [3.05, 3.63) is 11.6 Å². The largest absolute Gasteiger partial charge is 0.416 e. The molecule has 0 bridgehead atoms. The van der Waals surface area contributed by atoms with Crippen molar-refractivity contribution in [2.75, 3.05) is 6.61 Å². The van der Waals surface area contributed by atoms with Gasteiger partial charge in [-0.2, -0.15) is 0 Å². The van der Waals surface area contributed by atoms with Crippen molar-refractivity contribution in [1.82, 2.24) is 0 Å². The molecule has 0 radical (unpaired) electrons. The van der Waals surface area contributed by atoms with Crippen LogP contribution in [0.4, 0.5) is 0 Å². The van der Waals surface area contributed by atoms with Crippen molar-refractivity contribution < 1.29 is 8.85 Å². The molecule has 2 nitrogen and oxygen atoms in total. The highest BCUT2D eigenvalue weighted by atomic mass is 28.4. The Morgan fingerprint density at radius 2 is 1.51 bits per heavy atom. The van der Waals surface area contributed by atoms with Crippen LogP contribution in [0, 0.1) is 28.6 Å². The molecular formula is C31H58O2Si2. The van der Waals surface area contributed by atoms with E-state index in [2.05, 4.69) is 80.7 Å². The Kier molecular flexibility index (Phi) is 7.30. The third-order valence-corrected chi connectivity index (χ3v) is 21.4. The lowest BCUT2D eigenvalue weighted by atomic mass is 9.47. The molecule has 6 atom stereocenters. The summed E-state index contributed by atoms with van der Waals surface area (Å²) in [6, 6.07) is 0. The summed E-state index contributed by atoms with van der Waals surface area (Å²) in [5.74, 6) is 2.52. The predicted molar refractivity (Wildman–Crippen MR) is 156 cm³/mol. The van der Waals surface area contributed by atoms with Crippen LogP contribution in [0.15, 0.2) is 11.6 Å². The fraction of sp³-hybridized carbons (Fsp3) is 0.935. The maximum Gasteiger partial charge on any atom is 0.192 e. The van der Waals surface area contributed by atoms with Gasteiger partial charge in [0, 0.05) is 12.0 Å². The molecular weight excluding hydrogens is 461 g/mol. The molecule has 0 amide bonds. The highest BCUT2D eigenvalue weighted by Gasteiger charge is 2.61. The van der Waals surface area contributed by atoms with Crippen LogP contribution in [0.1, 0.15) is 106 Å². The van der Waals surface area contributed by atoms with Gasteiger partial charge in [0.15, 0.2) is 16.6 Å². The molecule has 3 saturated carbocycles. The zero-order chi connectivity index (χ0) is 26.1. The summed E-state index contributed by atoms with van der Waals surface area (Å²) in [5, 5.41) is 0.567. The first-order valence-corrected chi connectivity index (χ1v) is 20.8. The fourth-order valence-electron chi connectivity index (χ4n) is 8.01. The summed E-state index contributed by atoms with van der Waals surface area (Å²) >= 11 is 0. The van der Waals surface area contributed by atoms with Gasteiger partial charge in [0.1, 0.15) is 0 Å². The molecule has 0 aliphatic heterocycles. The van der Waals surface area contributed by atoms with E-state index in [1.807, 2.05) is 0 Å². The van der Waals surface area contributed by atoms with E-state index in [9.17, 15) is 0 Å². The minimum absolute atomic E-state index is 0.279. The van der Waals surface area contributed by atoms with Gasteiger partial charge in [-0.15, -0.1) is 0 Å². The molecule has 0 N–H and O–H groups in total. The van der Waals surface area contributed by atoms with Crippen molar-refractivity contribution in [3.8, 4) is 0 Å². The number of hydrogen-bond acceptors (Lipinski definition) is 2. The van der Waals surface area contributed by atoms with Gasteiger partial charge in [0.2, 0.25) is 0 Å². The highest BCUT2D eigenvalue weighted by Crippen LogP contribution is 2.66. The average molecular weight is 519 g/mol. The molecule has 0 spiro atoms. The van der Waals surface area contributed by atoms with E-state index in [-0.39, 0.29) is 10.1 Å². The van der Waals surface area contributed by atoms with Crippen LogP contribution in [-0.2, 0) is 8.85 Å². The van der Waals surface area contributed by atoms with Crippen LogP contribution in [0.3, 0.4) is 0 Å². The topological polar surface area (TPSA) is 18.5 Å². The Labute approximate surface area is 220 Å². The summed E-state index contributed by atoms with van der Waals surface area (Å²) in [7, 11) is -3.52. The maximum atomic E-state index is 7.19. The molecule has 4 aliphatic rings. The molecule has 202 valence electrons. The first-order chi connectivity index (χ1) is 15.9. The number of rotatable bonds is 5. The molecule has 0 saturated heterocycles. The van der Waals surface area contributed by atoms with Crippen molar-refractivity contribution >= 4 is 16.6 Å². The lowest BCUT2D eigenvalue weighted by molar-refractivity contribution is -0.0861. The van der Waals surface area contributed by atoms with Gasteiger partial charge in [0.25, 0.3) is 0 Å². The van der Waals surface area contributed by atoms with E-state index in [1.165, 1.54) is 57.8 Å². The van der Waals surface area contributed by atoms with Crippen LogP contribution in [-0.4, -0.2) is 29.3 Å². The van der Waals surface area contributed by atoms with Gasteiger partial charge in [-0.3, -0.25) is 0 Å². The minimum atomic E-state index is -1.77. The van der Waals surface area contributed by atoms with Crippen LogP contribution in [0.2, 0.25) is 36.3 Å². The van der Waals surface area contributed by atoms with Gasteiger partial charge >= 0.3 is 0 Å². The third kappa shape index (κ3) is 4.74. The van der Waals surface area contributed by atoms with Crippen molar-refractivity contribution in [1.29, 1.82) is 0 Å². The van der Waals surface area contributed by atoms with Crippen LogP contribution >= 0.6 is 0 Å². The van der Waals surface area contributed by atoms with Crippen molar-refractivity contribution in [3.63, 3.8) is 0 Å². The molecule has 4 heteroatoms. The molecule has 3 fully saturated rings. The molecule has 35 heavy (non-hydrogen) atoms. The second-order valence-electron chi connectivity index (χ2n) is 16.2. The summed E-state index contributed by atoms with van der Waals surface area (Å²) in [6.07, 6.45) is 15.3. The van der Waals surface area contributed by atoms with Crippen LogP contribution in [0.25, 0.3) is 0 Å². The van der Waals surface area contributed by atoms with Crippen molar-refractivity contribution in [2.45, 2.75) is 149 Å². The molecule has 0 aromatic rings. The number of allylic oxidation sites excluding steroid dienone is 1. The normalized spacial score (nSPS) is 38.4. The van der Waals surface area contributed by atoms with E-state index < -0.39 is 16.6 Å². The van der Waals surface area contributed by atoms with E-state index >= 15 is 0 Å². The standard InChI is InChI=1S/C31H58O2Si2/c1-28(2,3)34(8,9)32-22-31-20-13-12-14-23(31)15-16-24-25-17-18-27(30(25,7)21-19-26(24)31)33-35(10,11)29(4,5)6/h14,24-27H,12-13,15-22H2,1-11H3/t24-,25-,26-,27-,30-,31+/m0/s1. The summed E-state index contributed by atoms with van der Waals surface area (Å²) < 4.78 is 14.3. The second-order valence-corrected chi connectivity index (χ2v) is 25.8. The van der Waals surface area contributed by atoms with Gasteiger partial charge < -0.3 is 8.85 Å². The zero-order valence-electron chi connectivity index (χ0n) is 25.3. The van der Waals surface area contributed by atoms with Crippen LogP contribution < -0.4 is 0 Å². The Balaban J connectivity index is 1.59. The number of hydrogen-bond donors (Lipinski definition) is 0. The molecule has 0 aromatic heterocycles. The van der Waals surface area contributed by atoms with Gasteiger partial charge in [-0.25, -0.2) is 0 Å². The van der Waals surface area contributed by atoms with E-state index in [0.717, 1.165) is 24.4 Å². The predicted octanol–water partition coefficient (Wildman–Crippen LogP) is 9.73. The molecule has 0 unspecified atom stereocenters. The van der Waals surface area contributed by atoms with E-state index in [1.54, 1.807) is 5.57 Å². The fourth-order valence-corrected chi connectivity index (χ4v) is 10.5. The highest BCUT2D eigenvalue weighted by molar-refractivity contribution is 6.74. The second kappa shape index (κ2) is 9.09. The first-order valence-electron chi connectivity index (χ1n) is 15.0. The average Bonchev–Trinajstić information content (AvgIpc) is 3.06. The van der Waals surface area contributed by atoms with Gasteiger partial charge in [0.05, 0.1) is 6.10 Å². The molecule has 0 heterocycles. The molecule has 0 aromatic carbocycles. The SMILES string of the molecule is CC(C)(C)[Si](C)(C)OC[C@]12CCCC=C1CC[C@@H]1[C@@H]2CC[C@]2(C)[C@@H](O[Si](C)(C)C(C)(C)C)CC[C@@H]12. The Morgan fingerprint density at radius 3 is 2.14 bits per heavy atom. The van der Waals surface area contributed by atoms with Gasteiger partial charge in [-0.1, -0.05) is 60.1 Å².